The molecule has 7 atom stereocenters. The summed E-state index contributed by atoms with van der Waals surface area (Å²) in [6.07, 6.45) is -1.20. The molecule has 0 radical (unpaired) electrons. The molecule has 1 saturated carbocycles. The van der Waals surface area contributed by atoms with Crippen LogP contribution >= 0.6 is 0 Å². The molecule has 5 rings (SSSR count). The van der Waals surface area contributed by atoms with E-state index >= 15 is 0 Å². The molecule has 10 nitrogen and oxygen atoms in total. The number of fused-ring (bicyclic) bond motifs is 1. The Balaban J connectivity index is 1.33. The average Bonchev–Trinajstić information content (AvgIpc) is 3.49. The second kappa shape index (κ2) is 12.7. The lowest BCUT2D eigenvalue weighted by molar-refractivity contribution is -0.169. The molecule has 1 aliphatic carbocycles. The summed E-state index contributed by atoms with van der Waals surface area (Å²) in [5.74, 6) is 0.978. The van der Waals surface area contributed by atoms with Gasteiger partial charge in [-0.15, -0.1) is 0 Å². The number of rotatable bonds is 12. The van der Waals surface area contributed by atoms with Crippen molar-refractivity contribution in [3.8, 4) is 5.75 Å². The fourth-order valence-corrected chi connectivity index (χ4v) is 7.84. The zero-order chi connectivity index (χ0) is 29.1. The van der Waals surface area contributed by atoms with Gasteiger partial charge in [0.25, 0.3) is 0 Å². The first-order valence-electron chi connectivity index (χ1n) is 14.2. The van der Waals surface area contributed by atoms with Crippen molar-refractivity contribution in [3.63, 3.8) is 0 Å². The Labute approximate surface area is 242 Å². The summed E-state index contributed by atoms with van der Waals surface area (Å²) in [5, 5.41) is 14.3. The molecule has 2 bridgehead atoms. The third-order valence-corrected chi connectivity index (χ3v) is 10.1. The minimum absolute atomic E-state index is 0.00196. The fraction of sp³-hybridized carbons (Fsp3) is 0.567. The smallest absolute Gasteiger partial charge is 0.407 e. The number of ether oxygens (including phenoxy) is 4. The van der Waals surface area contributed by atoms with E-state index in [1.165, 1.54) is 23.5 Å². The Morgan fingerprint density at radius 1 is 1.05 bits per heavy atom. The highest BCUT2D eigenvalue weighted by molar-refractivity contribution is 7.89. The van der Waals surface area contributed by atoms with Gasteiger partial charge in [0.15, 0.2) is 6.29 Å². The molecule has 2 aromatic carbocycles. The lowest BCUT2D eigenvalue weighted by Gasteiger charge is -2.31. The van der Waals surface area contributed by atoms with Crippen LogP contribution in [0.3, 0.4) is 0 Å². The van der Waals surface area contributed by atoms with E-state index in [2.05, 4.69) is 5.32 Å². The Bertz CT molecular complexity index is 1270. The predicted octanol–water partition coefficient (Wildman–Crippen LogP) is 3.05. The second-order valence-electron chi connectivity index (χ2n) is 11.6. The number of benzene rings is 2. The summed E-state index contributed by atoms with van der Waals surface area (Å²) >= 11 is 0. The van der Waals surface area contributed by atoms with E-state index in [0.29, 0.717) is 25.4 Å². The summed E-state index contributed by atoms with van der Waals surface area (Å²) in [6.45, 7) is 4.80. The van der Waals surface area contributed by atoms with Gasteiger partial charge in [-0.25, -0.2) is 13.2 Å². The van der Waals surface area contributed by atoms with E-state index in [4.69, 9.17) is 18.9 Å². The van der Waals surface area contributed by atoms with Crippen LogP contribution in [0.15, 0.2) is 59.5 Å². The summed E-state index contributed by atoms with van der Waals surface area (Å²) in [4.78, 5) is 13.3. The Morgan fingerprint density at radius 2 is 1.76 bits per heavy atom. The largest absolute Gasteiger partial charge is 0.497 e. The van der Waals surface area contributed by atoms with Gasteiger partial charge in [-0.3, -0.25) is 0 Å². The van der Waals surface area contributed by atoms with Crippen molar-refractivity contribution in [2.75, 3.05) is 33.4 Å². The topological polar surface area (TPSA) is 124 Å². The molecule has 3 fully saturated rings. The number of carbonyl (C=O) groups excluding carboxylic acids is 1. The van der Waals surface area contributed by atoms with Crippen molar-refractivity contribution in [1.82, 2.24) is 9.62 Å². The first-order valence-corrected chi connectivity index (χ1v) is 15.7. The summed E-state index contributed by atoms with van der Waals surface area (Å²) in [5.41, 5.74) is 0.891. The van der Waals surface area contributed by atoms with E-state index in [0.717, 1.165) is 12.0 Å². The first kappa shape index (κ1) is 29.8. The molecule has 2 saturated heterocycles. The average molecular weight is 589 g/mol. The summed E-state index contributed by atoms with van der Waals surface area (Å²) in [6, 6.07) is 14.8. The van der Waals surface area contributed by atoms with Gasteiger partial charge in [-0.05, 0) is 48.6 Å². The Kier molecular flexibility index (Phi) is 9.20. The molecule has 1 amide bonds. The van der Waals surface area contributed by atoms with Crippen LogP contribution in [0.5, 0.6) is 5.75 Å². The highest BCUT2D eigenvalue weighted by atomic mass is 32.2. The van der Waals surface area contributed by atoms with Crippen molar-refractivity contribution in [2.45, 2.75) is 56.1 Å². The van der Waals surface area contributed by atoms with Crippen LogP contribution < -0.4 is 10.1 Å². The number of hydrogen-bond acceptors (Lipinski definition) is 8. The number of nitrogens with one attached hydrogen (secondary N) is 1. The summed E-state index contributed by atoms with van der Waals surface area (Å²) < 4.78 is 51.2. The van der Waals surface area contributed by atoms with E-state index in [1.807, 2.05) is 44.2 Å². The maximum Gasteiger partial charge on any atom is 0.407 e. The van der Waals surface area contributed by atoms with Gasteiger partial charge >= 0.3 is 6.09 Å². The molecule has 2 heterocycles. The SMILES string of the molecule is COc1ccc(S(=O)(=O)N(CC(C)C)C[C@@H](O)[C@H](Cc2ccccc2)NC(=O)O[C@H]2[C@H]3CO[C@H]4OC[C@@H]2[C@H]4C3)cc1. The number of hydrogen-bond donors (Lipinski definition) is 2. The Morgan fingerprint density at radius 3 is 2.44 bits per heavy atom. The van der Waals surface area contributed by atoms with Gasteiger partial charge in [0.2, 0.25) is 10.0 Å². The van der Waals surface area contributed by atoms with E-state index in [9.17, 15) is 18.3 Å². The lowest BCUT2D eigenvalue weighted by Crippen LogP contribution is -2.52. The van der Waals surface area contributed by atoms with Crippen molar-refractivity contribution in [3.05, 3.63) is 60.2 Å². The molecule has 0 spiro atoms. The van der Waals surface area contributed by atoms with Gasteiger partial charge in [0.1, 0.15) is 11.9 Å². The van der Waals surface area contributed by atoms with Crippen molar-refractivity contribution in [1.29, 1.82) is 0 Å². The molecule has 0 aromatic heterocycles. The quantitative estimate of drug-likeness (QED) is 0.388. The van der Waals surface area contributed by atoms with E-state index in [1.54, 1.807) is 12.1 Å². The molecular formula is C30H40N2O8S. The van der Waals surface area contributed by atoms with Crippen LogP contribution in [-0.2, 0) is 30.7 Å². The fourth-order valence-electron chi connectivity index (χ4n) is 6.22. The molecule has 2 N–H and O–H groups in total. The van der Waals surface area contributed by atoms with Gasteiger partial charge in [-0.1, -0.05) is 44.2 Å². The molecule has 2 aliphatic heterocycles. The minimum Gasteiger partial charge on any atom is -0.497 e. The highest BCUT2D eigenvalue weighted by Crippen LogP contribution is 2.49. The van der Waals surface area contributed by atoms with Gasteiger partial charge in [0, 0.05) is 30.8 Å². The number of nitrogens with zero attached hydrogens (tertiary/aromatic N) is 1. The molecule has 224 valence electrons. The number of aliphatic hydroxyl groups is 1. The highest BCUT2D eigenvalue weighted by Gasteiger charge is 2.56. The molecule has 2 aromatic rings. The number of carbonyl (C=O) groups is 1. The minimum atomic E-state index is -3.94. The Hall–Kier alpha value is -2.70. The van der Waals surface area contributed by atoms with Crippen molar-refractivity contribution < 1.29 is 37.3 Å². The molecular weight excluding hydrogens is 548 g/mol. The standard InChI is InChI=1S/C30H40N2O8S/c1-19(2)15-32(41(35,36)23-11-9-22(37-3)10-12-23)16-27(33)26(13-20-7-5-4-6-8-20)31-30(34)40-28-21-14-24-25(28)18-39-29(24)38-17-21/h4-12,19,21,24-29,33H,13-18H2,1-3H3,(H,31,34)/t21-,24-,25-,26+,27-,28+,29+/m1/s1. The maximum absolute atomic E-state index is 13.7. The number of methoxy groups -OCH3 is 1. The van der Waals surface area contributed by atoms with Crippen LogP contribution in [0, 0.1) is 23.7 Å². The normalized spacial score (nSPS) is 26.6. The zero-order valence-corrected chi connectivity index (χ0v) is 24.5. The van der Waals surface area contributed by atoms with Crippen LogP contribution in [-0.4, -0.2) is 81.9 Å². The molecule has 11 heteroatoms. The van der Waals surface area contributed by atoms with Gasteiger partial charge in [-0.2, -0.15) is 4.31 Å². The first-order chi connectivity index (χ1) is 19.7. The number of alkyl carbamates (subject to hydrolysis) is 1. The van der Waals surface area contributed by atoms with Crippen LogP contribution in [0.2, 0.25) is 0 Å². The third-order valence-electron chi connectivity index (χ3n) is 8.25. The van der Waals surface area contributed by atoms with Gasteiger partial charge in [0.05, 0.1) is 37.4 Å². The molecule has 41 heavy (non-hydrogen) atoms. The van der Waals surface area contributed by atoms with E-state index < -0.39 is 28.3 Å². The van der Waals surface area contributed by atoms with Crippen LogP contribution in [0.4, 0.5) is 4.79 Å². The molecule has 3 aliphatic rings. The number of sulfonamides is 1. The maximum atomic E-state index is 13.7. The van der Waals surface area contributed by atoms with E-state index in [-0.39, 0.29) is 54.1 Å². The van der Waals surface area contributed by atoms with Crippen LogP contribution in [0.25, 0.3) is 0 Å². The van der Waals surface area contributed by atoms with Crippen molar-refractivity contribution >= 4 is 16.1 Å². The third kappa shape index (κ3) is 6.70. The summed E-state index contributed by atoms with van der Waals surface area (Å²) in [7, 11) is -2.43. The monoisotopic (exact) mass is 588 g/mol. The van der Waals surface area contributed by atoms with Crippen molar-refractivity contribution in [2.24, 2.45) is 23.7 Å². The molecule has 0 unspecified atom stereocenters. The van der Waals surface area contributed by atoms with Gasteiger partial charge < -0.3 is 29.4 Å². The lowest BCUT2D eigenvalue weighted by atomic mass is 9.98. The number of aliphatic hydroxyl groups excluding tert-OH is 1. The number of amides is 1. The van der Waals surface area contributed by atoms with Crippen LogP contribution in [0.1, 0.15) is 25.8 Å². The second-order valence-corrected chi connectivity index (χ2v) is 13.6. The predicted molar refractivity (Wildman–Crippen MR) is 151 cm³/mol. The zero-order valence-electron chi connectivity index (χ0n) is 23.7.